The molecule has 2 rings (SSSR count). The van der Waals surface area contributed by atoms with Gasteiger partial charge in [-0.05, 0) is 30.5 Å². The third kappa shape index (κ3) is 5.06. The molecule has 0 saturated carbocycles. The molecule has 0 N–H and O–H groups in total. The van der Waals surface area contributed by atoms with Gasteiger partial charge in [-0.1, -0.05) is 48.5 Å². The summed E-state index contributed by atoms with van der Waals surface area (Å²) >= 11 is 0. The minimum Gasteiger partial charge on any atom is -0.380 e. The summed E-state index contributed by atoms with van der Waals surface area (Å²) in [4.78, 5) is 2.22. The predicted octanol–water partition coefficient (Wildman–Crippen LogP) is 3.77. The molecule has 0 bridgehead atoms. The fourth-order valence-electron chi connectivity index (χ4n) is 2.14. The first kappa shape index (κ1) is 14.6. The number of aryl methyl sites for hydroxylation is 1. The summed E-state index contributed by atoms with van der Waals surface area (Å²) in [7, 11) is 2.10. The molecule has 2 heteroatoms. The van der Waals surface area contributed by atoms with Gasteiger partial charge >= 0.3 is 0 Å². The first-order valence-corrected chi connectivity index (χ1v) is 7.24. The Morgan fingerprint density at radius 3 is 2.20 bits per heavy atom. The minimum atomic E-state index is 0.778. The van der Waals surface area contributed by atoms with Gasteiger partial charge in [-0.15, -0.1) is 0 Å². The number of para-hydroxylation sites is 1. The summed E-state index contributed by atoms with van der Waals surface area (Å²) in [6.45, 7) is 2.53. The summed E-state index contributed by atoms with van der Waals surface area (Å²) in [5.74, 6) is 0. The molecule has 0 fully saturated rings. The average molecular weight is 269 g/mol. The van der Waals surface area contributed by atoms with E-state index in [1.807, 2.05) is 6.07 Å². The molecule has 20 heavy (non-hydrogen) atoms. The zero-order valence-corrected chi connectivity index (χ0v) is 12.2. The van der Waals surface area contributed by atoms with Crippen molar-refractivity contribution in [2.45, 2.75) is 12.8 Å². The molecule has 106 valence electrons. The second-order valence-electron chi connectivity index (χ2n) is 4.96. The smallest absolute Gasteiger partial charge is 0.0641 e. The minimum absolute atomic E-state index is 0.778. The highest BCUT2D eigenvalue weighted by molar-refractivity contribution is 5.44. The van der Waals surface area contributed by atoms with Crippen molar-refractivity contribution in [1.29, 1.82) is 0 Å². The zero-order chi connectivity index (χ0) is 14.0. The largest absolute Gasteiger partial charge is 0.380 e. The number of benzene rings is 2. The van der Waals surface area contributed by atoms with E-state index in [0.29, 0.717) is 0 Å². The highest BCUT2D eigenvalue weighted by Gasteiger charge is 1.99. The molecule has 0 heterocycles. The van der Waals surface area contributed by atoms with Gasteiger partial charge in [0.1, 0.15) is 0 Å². The van der Waals surface area contributed by atoms with Crippen molar-refractivity contribution in [3.05, 3.63) is 66.2 Å². The van der Waals surface area contributed by atoms with Crippen LogP contribution in [0.2, 0.25) is 0 Å². The van der Waals surface area contributed by atoms with Gasteiger partial charge < -0.3 is 9.64 Å². The molecule has 2 aromatic rings. The standard InChI is InChI=1S/C18H23NO/c1-19(18-12-6-3-7-13-18)14-16-20-15-8-11-17-9-4-2-5-10-17/h2-7,9-10,12-13H,8,11,14-16H2,1H3. The van der Waals surface area contributed by atoms with E-state index in [0.717, 1.165) is 32.6 Å². The first-order valence-electron chi connectivity index (χ1n) is 7.24. The molecule has 0 atom stereocenters. The lowest BCUT2D eigenvalue weighted by Crippen LogP contribution is -2.22. The van der Waals surface area contributed by atoms with Crippen LogP contribution in [-0.4, -0.2) is 26.8 Å². The molecular weight excluding hydrogens is 246 g/mol. The Morgan fingerprint density at radius 1 is 0.850 bits per heavy atom. The summed E-state index contributed by atoms with van der Waals surface area (Å²) in [6.07, 6.45) is 2.18. The van der Waals surface area contributed by atoms with Gasteiger partial charge in [-0.3, -0.25) is 0 Å². The fourth-order valence-corrected chi connectivity index (χ4v) is 2.14. The van der Waals surface area contributed by atoms with Gasteiger partial charge in [0, 0.05) is 25.9 Å². The molecule has 0 aromatic heterocycles. The van der Waals surface area contributed by atoms with Crippen molar-refractivity contribution in [3.8, 4) is 0 Å². The maximum absolute atomic E-state index is 5.71. The van der Waals surface area contributed by atoms with E-state index < -0.39 is 0 Å². The number of anilines is 1. The summed E-state index contributed by atoms with van der Waals surface area (Å²) in [5.41, 5.74) is 2.62. The summed E-state index contributed by atoms with van der Waals surface area (Å²) < 4.78 is 5.71. The first-order chi connectivity index (χ1) is 9.86. The van der Waals surface area contributed by atoms with Crippen LogP contribution in [0, 0.1) is 0 Å². The van der Waals surface area contributed by atoms with Crippen LogP contribution in [-0.2, 0) is 11.2 Å². The Bertz CT molecular complexity index is 469. The third-order valence-electron chi connectivity index (χ3n) is 3.36. The lowest BCUT2D eigenvalue weighted by Gasteiger charge is -2.19. The van der Waals surface area contributed by atoms with E-state index in [9.17, 15) is 0 Å². The number of ether oxygens (including phenoxy) is 1. The van der Waals surface area contributed by atoms with Crippen molar-refractivity contribution in [2.24, 2.45) is 0 Å². The normalized spacial score (nSPS) is 10.4. The average Bonchev–Trinajstić information content (AvgIpc) is 2.52. The molecule has 0 saturated heterocycles. The van der Waals surface area contributed by atoms with E-state index in [1.165, 1.54) is 11.3 Å². The van der Waals surface area contributed by atoms with Crippen LogP contribution in [0.5, 0.6) is 0 Å². The second-order valence-corrected chi connectivity index (χ2v) is 4.96. The van der Waals surface area contributed by atoms with Crippen molar-refractivity contribution < 1.29 is 4.74 Å². The number of likely N-dealkylation sites (N-methyl/N-ethyl adjacent to an activating group) is 1. The Hall–Kier alpha value is -1.80. The Kier molecular flexibility index (Phi) is 6.12. The SMILES string of the molecule is CN(CCOCCCc1ccccc1)c1ccccc1. The van der Waals surface area contributed by atoms with E-state index in [-0.39, 0.29) is 0 Å². The molecule has 0 radical (unpaired) electrons. The van der Waals surface area contributed by atoms with Crippen LogP contribution in [0.3, 0.4) is 0 Å². The van der Waals surface area contributed by atoms with Gasteiger partial charge in [0.2, 0.25) is 0 Å². The number of hydrogen-bond donors (Lipinski definition) is 0. The van der Waals surface area contributed by atoms with E-state index in [4.69, 9.17) is 4.74 Å². The lowest BCUT2D eigenvalue weighted by molar-refractivity contribution is 0.138. The molecular formula is C18H23NO. The fraction of sp³-hybridized carbons (Fsp3) is 0.333. The van der Waals surface area contributed by atoms with Gasteiger partial charge in [-0.2, -0.15) is 0 Å². The highest BCUT2D eigenvalue weighted by Crippen LogP contribution is 2.10. The summed E-state index contributed by atoms with van der Waals surface area (Å²) in [5, 5.41) is 0. The highest BCUT2D eigenvalue weighted by atomic mass is 16.5. The van der Waals surface area contributed by atoms with Crippen LogP contribution < -0.4 is 4.90 Å². The Balaban J connectivity index is 1.56. The Labute approximate surface area is 122 Å². The van der Waals surface area contributed by atoms with Crippen molar-refractivity contribution in [2.75, 3.05) is 31.7 Å². The predicted molar refractivity (Wildman–Crippen MR) is 85.3 cm³/mol. The zero-order valence-electron chi connectivity index (χ0n) is 12.2. The maximum Gasteiger partial charge on any atom is 0.0641 e. The Morgan fingerprint density at radius 2 is 1.50 bits per heavy atom. The molecule has 0 amide bonds. The maximum atomic E-state index is 5.71. The second kappa shape index (κ2) is 8.39. The van der Waals surface area contributed by atoms with Crippen LogP contribution in [0.1, 0.15) is 12.0 Å². The van der Waals surface area contributed by atoms with Crippen molar-refractivity contribution in [1.82, 2.24) is 0 Å². The van der Waals surface area contributed by atoms with Gasteiger partial charge in [0.15, 0.2) is 0 Å². The van der Waals surface area contributed by atoms with E-state index in [1.54, 1.807) is 0 Å². The van der Waals surface area contributed by atoms with Crippen LogP contribution in [0.4, 0.5) is 5.69 Å². The molecule has 0 aliphatic heterocycles. The molecule has 0 spiro atoms. The van der Waals surface area contributed by atoms with Gasteiger partial charge in [-0.25, -0.2) is 0 Å². The van der Waals surface area contributed by atoms with Crippen LogP contribution in [0.25, 0.3) is 0 Å². The van der Waals surface area contributed by atoms with Crippen LogP contribution >= 0.6 is 0 Å². The number of hydrogen-bond acceptors (Lipinski definition) is 2. The number of nitrogens with zero attached hydrogens (tertiary/aromatic N) is 1. The van der Waals surface area contributed by atoms with Gasteiger partial charge in [0.05, 0.1) is 6.61 Å². The molecule has 2 nitrogen and oxygen atoms in total. The van der Waals surface area contributed by atoms with Crippen LogP contribution in [0.15, 0.2) is 60.7 Å². The van der Waals surface area contributed by atoms with Gasteiger partial charge in [0.25, 0.3) is 0 Å². The molecule has 0 aliphatic rings. The third-order valence-corrected chi connectivity index (χ3v) is 3.36. The topological polar surface area (TPSA) is 12.5 Å². The quantitative estimate of drug-likeness (QED) is 0.676. The molecule has 2 aromatic carbocycles. The molecule has 0 unspecified atom stereocenters. The van der Waals surface area contributed by atoms with E-state index >= 15 is 0 Å². The van der Waals surface area contributed by atoms with E-state index in [2.05, 4.69) is 66.5 Å². The summed E-state index contributed by atoms with van der Waals surface area (Å²) in [6, 6.07) is 21.0. The van der Waals surface area contributed by atoms with Crippen molar-refractivity contribution >= 4 is 5.69 Å². The van der Waals surface area contributed by atoms with Crippen molar-refractivity contribution in [3.63, 3.8) is 0 Å². The monoisotopic (exact) mass is 269 g/mol. The lowest BCUT2D eigenvalue weighted by atomic mass is 10.1. The molecule has 0 aliphatic carbocycles. The number of rotatable bonds is 8.